The fourth-order valence-corrected chi connectivity index (χ4v) is 3.45. The third kappa shape index (κ3) is 4.13. The molecule has 1 rings (SSSR count). The Morgan fingerprint density at radius 3 is 2.53 bits per heavy atom. The average Bonchev–Trinajstić information content (AvgIpc) is 2.18. The highest BCUT2D eigenvalue weighted by atomic mass is 32.2. The molecule has 0 aliphatic heterocycles. The van der Waals surface area contributed by atoms with Crippen LogP contribution in [0.15, 0.2) is 0 Å². The van der Waals surface area contributed by atoms with Gasteiger partial charge in [-0.25, -0.2) is 0 Å². The Morgan fingerprint density at radius 2 is 2.00 bits per heavy atom. The Kier molecular flexibility index (Phi) is 4.82. The zero-order valence-electron chi connectivity index (χ0n) is 11.6. The Bertz CT molecular complexity index is 304. The van der Waals surface area contributed by atoms with Gasteiger partial charge in [0.15, 0.2) is 5.12 Å². The molecule has 1 saturated carbocycles. The molecule has 1 aliphatic carbocycles. The lowest BCUT2D eigenvalue weighted by Gasteiger charge is -2.32. The van der Waals surface area contributed by atoms with Crippen molar-refractivity contribution in [3.8, 4) is 0 Å². The largest absolute Gasteiger partial charge is 0.299 e. The number of Topliss-reactive ketones (excluding diaryl/α,β-unsaturated/α-hetero) is 1. The van der Waals surface area contributed by atoms with Gasteiger partial charge in [0.1, 0.15) is 5.78 Å². The third-order valence-corrected chi connectivity index (χ3v) is 4.72. The van der Waals surface area contributed by atoms with Crippen molar-refractivity contribution in [3.63, 3.8) is 0 Å². The molecule has 0 radical (unpaired) electrons. The van der Waals surface area contributed by atoms with Crippen molar-refractivity contribution in [2.45, 2.75) is 58.6 Å². The predicted octanol–water partition coefficient (Wildman–Crippen LogP) is 3.69. The van der Waals surface area contributed by atoms with E-state index in [4.69, 9.17) is 0 Å². The molecule has 0 aromatic carbocycles. The molecule has 0 aromatic heterocycles. The van der Waals surface area contributed by atoms with Crippen LogP contribution in [0.1, 0.15) is 53.9 Å². The lowest BCUT2D eigenvalue weighted by molar-refractivity contribution is -0.128. The molecule has 0 spiro atoms. The van der Waals surface area contributed by atoms with E-state index in [2.05, 4.69) is 20.8 Å². The van der Waals surface area contributed by atoms with Gasteiger partial charge in [-0.3, -0.25) is 9.59 Å². The van der Waals surface area contributed by atoms with Crippen molar-refractivity contribution in [2.75, 3.05) is 0 Å². The van der Waals surface area contributed by atoms with Crippen LogP contribution in [0.5, 0.6) is 0 Å². The van der Waals surface area contributed by atoms with Gasteiger partial charge in [0.25, 0.3) is 0 Å². The van der Waals surface area contributed by atoms with E-state index in [0.29, 0.717) is 12.2 Å². The van der Waals surface area contributed by atoms with Crippen molar-refractivity contribution in [1.29, 1.82) is 0 Å². The number of ketones is 1. The molecule has 1 fully saturated rings. The Balaban J connectivity index is 2.65. The minimum absolute atomic E-state index is 0.00141. The van der Waals surface area contributed by atoms with Crippen LogP contribution in [0.4, 0.5) is 0 Å². The maximum absolute atomic E-state index is 12.2. The van der Waals surface area contributed by atoms with Crippen molar-refractivity contribution >= 4 is 22.7 Å². The summed E-state index contributed by atoms with van der Waals surface area (Å²) in [7, 11) is 0. The van der Waals surface area contributed by atoms with Gasteiger partial charge in [-0.05, 0) is 18.8 Å². The van der Waals surface area contributed by atoms with E-state index >= 15 is 0 Å². The van der Waals surface area contributed by atoms with Gasteiger partial charge >= 0.3 is 0 Å². The van der Waals surface area contributed by atoms with Crippen LogP contribution in [0, 0.1) is 17.8 Å². The first kappa shape index (κ1) is 14.7. The molecule has 0 heterocycles. The molecule has 3 unspecified atom stereocenters. The molecule has 0 bridgehead atoms. The molecule has 3 atom stereocenters. The fourth-order valence-electron chi connectivity index (χ4n) is 2.48. The van der Waals surface area contributed by atoms with Crippen LogP contribution < -0.4 is 0 Å². The Hall–Kier alpha value is -0.310. The quantitative estimate of drug-likeness (QED) is 0.755. The van der Waals surface area contributed by atoms with Crippen molar-refractivity contribution in [1.82, 2.24) is 0 Å². The highest BCUT2D eigenvalue weighted by molar-refractivity contribution is 8.14. The smallest absolute Gasteiger partial charge is 0.192 e. The van der Waals surface area contributed by atoms with Gasteiger partial charge < -0.3 is 0 Å². The lowest BCUT2D eigenvalue weighted by atomic mass is 9.73. The van der Waals surface area contributed by atoms with Crippen LogP contribution in [0.3, 0.4) is 0 Å². The van der Waals surface area contributed by atoms with Crippen LogP contribution >= 0.6 is 11.8 Å². The number of carbonyl (C=O) groups excluding carboxylic acids is 2. The molecule has 0 N–H and O–H groups in total. The summed E-state index contributed by atoms with van der Waals surface area (Å²) >= 11 is 1.41. The lowest BCUT2D eigenvalue weighted by Crippen LogP contribution is -2.34. The van der Waals surface area contributed by atoms with E-state index in [0.717, 1.165) is 12.8 Å². The molecule has 2 nitrogen and oxygen atoms in total. The minimum atomic E-state index is -0.0345. The predicted molar refractivity (Wildman–Crippen MR) is 73.0 cm³/mol. The summed E-state index contributed by atoms with van der Waals surface area (Å²) in [4.78, 5) is 23.9. The molecular formula is C14H24O2S. The van der Waals surface area contributed by atoms with E-state index in [-0.39, 0.29) is 27.6 Å². The van der Waals surface area contributed by atoms with Crippen LogP contribution in [0.25, 0.3) is 0 Å². The summed E-state index contributed by atoms with van der Waals surface area (Å²) in [5, 5.41) is 0.240. The second-order valence-electron chi connectivity index (χ2n) is 6.13. The van der Waals surface area contributed by atoms with E-state index in [9.17, 15) is 9.59 Å². The SMILES string of the molecule is CC1C(=O)CCCC1C(C)C(=O)SC(C)(C)C. The number of hydrogen-bond donors (Lipinski definition) is 0. The molecule has 3 heteroatoms. The van der Waals surface area contributed by atoms with Crippen molar-refractivity contribution < 1.29 is 9.59 Å². The summed E-state index contributed by atoms with van der Waals surface area (Å²) < 4.78 is -0.0345. The van der Waals surface area contributed by atoms with E-state index < -0.39 is 0 Å². The van der Waals surface area contributed by atoms with Gasteiger partial charge in [-0.1, -0.05) is 46.4 Å². The van der Waals surface area contributed by atoms with Crippen LogP contribution in [0.2, 0.25) is 0 Å². The van der Waals surface area contributed by atoms with E-state index in [1.165, 1.54) is 11.8 Å². The first-order valence-electron chi connectivity index (χ1n) is 6.48. The molecule has 17 heavy (non-hydrogen) atoms. The monoisotopic (exact) mass is 256 g/mol. The summed E-state index contributed by atoms with van der Waals surface area (Å²) in [6, 6.07) is 0. The standard InChI is InChI=1S/C14H24O2S/c1-9-11(7-6-8-12(9)15)10(2)13(16)17-14(3,4)5/h9-11H,6-8H2,1-5H3. The first-order chi connectivity index (χ1) is 7.72. The Morgan fingerprint density at radius 1 is 1.41 bits per heavy atom. The van der Waals surface area contributed by atoms with Gasteiger partial charge in [0, 0.05) is 23.0 Å². The normalized spacial score (nSPS) is 27.9. The molecule has 0 saturated heterocycles. The first-order valence-corrected chi connectivity index (χ1v) is 7.29. The fraction of sp³-hybridized carbons (Fsp3) is 0.857. The van der Waals surface area contributed by atoms with Gasteiger partial charge in [0.2, 0.25) is 0 Å². The average molecular weight is 256 g/mol. The van der Waals surface area contributed by atoms with Crippen LogP contribution in [-0.2, 0) is 9.59 Å². The second-order valence-corrected chi connectivity index (χ2v) is 7.96. The van der Waals surface area contributed by atoms with E-state index in [1.807, 2.05) is 13.8 Å². The van der Waals surface area contributed by atoms with Gasteiger partial charge in [0.05, 0.1) is 0 Å². The molecule has 0 aromatic rings. The molecule has 1 aliphatic rings. The maximum atomic E-state index is 12.2. The number of hydrogen-bond acceptors (Lipinski definition) is 3. The summed E-state index contributed by atoms with van der Waals surface area (Å²) in [5.74, 6) is 0.641. The number of thioether (sulfide) groups is 1. The number of carbonyl (C=O) groups is 2. The summed E-state index contributed by atoms with van der Waals surface area (Å²) in [5.41, 5.74) is 0. The molecular weight excluding hydrogens is 232 g/mol. The second kappa shape index (κ2) is 5.55. The maximum Gasteiger partial charge on any atom is 0.192 e. The topological polar surface area (TPSA) is 34.1 Å². The Labute approximate surface area is 109 Å². The van der Waals surface area contributed by atoms with Crippen molar-refractivity contribution in [2.24, 2.45) is 17.8 Å². The third-order valence-electron chi connectivity index (χ3n) is 3.53. The highest BCUT2D eigenvalue weighted by Crippen LogP contribution is 2.37. The summed E-state index contributed by atoms with van der Waals surface area (Å²) in [6.45, 7) is 10.1. The minimum Gasteiger partial charge on any atom is -0.299 e. The summed E-state index contributed by atoms with van der Waals surface area (Å²) in [6.07, 6.45) is 2.67. The van der Waals surface area contributed by atoms with Crippen molar-refractivity contribution in [3.05, 3.63) is 0 Å². The number of rotatable bonds is 2. The van der Waals surface area contributed by atoms with Gasteiger partial charge in [-0.15, -0.1) is 0 Å². The van der Waals surface area contributed by atoms with E-state index in [1.54, 1.807) is 0 Å². The zero-order chi connectivity index (χ0) is 13.2. The zero-order valence-corrected chi connectivity index (χ0v) is 12.4. The highest BCUT2D eigenvalue weighted by Gasteiger charge is 2.36. The van der Waals surface area contributed by atoms with Crippen LogP contribution in [-0.4, -0.2) is 15.6 Å². The molecule has 98 valence electrons. The van der Waals surface area contributed by atoms with Gasteiger partial charge in [-0.2, -0.15) is 0 Å². The molecule has 0 amide bonds.